The summed E-state index contributed by atoms with van der Waals surface area (Å²) in [5.74, 6) is -0.202. The lowest BCUT2D eigenvalue weighted by Gasteiger charge is -2.19. The lowest BCUT2D eigenvalue weighted by molar-refractivity contribution is -0.123. The molecule has 2 amide bonds. The van der Waals surface area contributed by atoms with Gasteiger partial charge in [-0.15, -0.1) is 0 Å². The molecule has 0 aromatic heterocycles. The number of hydrogen-bond acceptors (Lipinski definition) is 2. The minimum atomic E-state index is -0.503. The summed E-state index contributed by atoms with van der Waals surface area (Å²) < 4.78 is 0. The summed E-state index contributed by atoms with van der Waals surface area (Å²) >= 11 is 0. The van der Waals surface area contributed by atoms with E-state index in [-0.39, 0.29) is 17.7 Å². The third-order valence-electron chi connectivity index (χ3n) is 4.93. The number of carbonyl (C=O) groups is 2. The fourth-order valence-electron chi connectivity index (χ4n) is 3.15. The largest absolute Gasteiger partial charge is 0.351 e. The van der Waals surface area contributed by atoms with Gasteiger partial charge in [-0.3, -0.25) is 9.59 Å². The van der Waals surface area contributed by atoms with Gasteiger partial charge in [-0.05, 0) is 29.3 Å². The van der Waals surface area contributed by atoms with Crippen LogP contribution in [-0.2, 0) is 4.79 Å². The van der Waals surface area contributed by atoms with Gasteiger partial charge in [0.15, 0.2) is 0 Å². The van der Waals surface area contributed by atoms with Crippen LogP contribution in [0.3, 0.4) is 0 Å². The molecular weight excluding hydrogens is 372 g/mol. The average molecular weight is 401 g/mol. The molecule has 0 spiro atoms. The van der Waals surface area contributed by atoms with Gasteiger partial charge in [-0.1, -0.05) is 87.5 Å². The van der Waals surface area contributed by atoms with Crippen molar-refractivity contribution in [2.24, 2.45) is 5.41 Å². The number of anilines is 1. The van der Waals surface area contributed by atoms with Crippen molar-refractivity contribution in [2.45, 2.75) is 26.7 Å². The third-order valence-corrected chi connectivity index (χ3v) is 4.93. The third kappa shape index (κ3) is 5.57. The Balaban J connectivity index is 1.73. The minimum Gasteiger partial charge on any atom is -0.351 e. The van der Waals surface area contributed by atoms with Crippen LogP contribution in [-0.4, -0.2) is 18.4 Å². The predicted molar refractivity (Wildman–Crippen MR) is 122 cm³/mol. The van der Waals surface area contributed by atoms with Gasteiger partial charge in [-0.2, -0.15) is 0 Å². The highest BCUT2D eigenvalue weighted by Crippen LogP contribution is 2.24. The molecule has 0 fully saturated rings. The van der Waals surface area contributed by atoms with E-state index >= 15 is 0 Å². The molecule has 0 bridgehead atoms. The molecule has 4 heteroatoms. The number of hydrogen-bond donors (Lipinski definition) is 2. The molecule has 0 aliphatic heterocycles. The molecule has 3 aromatic rings. The molecule has 154 valence electrons. The molecule has 0 radical (unpaired) electrons. The second-order valence-electron chi connectivity index (χ2n) is 8.37. The molecule has 3 rings (SSSR count). The molecule has 0 heterocycles. The second-order valence-corrected chi connectivity index (χ2v) is 8.37. The smallest absolute Gasteiger partial charge is 0.251 e. The van der Waals surface area contributed by atoms with Crippen LogP contribution < -0.4 is 10.6 Å². The highest BCUT2D eigenvalue weighted by molar-refractivity contribution is 5.98. The Morgan fingerprint density at radius 3 is 1.90 bits per heavy atom. The van der Waals surface area contributed by atoms with Crippen molar-refractivity contribution < 1.29 is 9.59 Å². The van der Waals surface area contributed by atoms with E-state index in [2.05, 4.69) is 34.9 Å². The SMILES string of the molecule is CC(C)(C)C(=O)Nc1cccc(C(=O)NCC(c2ccccc2)c2ccccc2)c1. The van der Waals surface area contributed by atoms with E-state index in [1.165, 1.54) is 0 Å². The highest BCUT2D eigenvalue weighted by atomic mass is 16.2. The van der Waals surface area contributed by atoms with Gasteiger partial charge in [0, 0.05) is 29.1 Å². The maximum Gasteiger partial charge on any atom is 0.251 e. The van der Waals surface area contributed by atoms with Gasteiger partial charge < -0.3 is 10.6 Å². The van der Waals surface area contributed by atoms with Crippen LogP contribution in [0.15, 0.2) is 84.9 Å². The van der Waals surface area contributed by atoms with Crippen molar-refractivity contribution in [1.29, 1.82) is 0 Å². The number of nitrogens with one attached hydrogen (secondary N) is 2. The van der Waals surface area contributed by atoms with Gasteiger partial charge in [0.05, 0.1) is 0 Å². The zero-order valence-corrected chi connectivity index (χ0v) is 17.7. The van der Waals surface area contributed by atoms with Crippen LogP contribution in [0, 0.1) is 5.41 Å². The Morgan fingerprint density at radius 2 is 1.37 bits per heavy atom. The molecule has 4 nitrogen and oxygen atoms in total. The maximum absolute atomic E-state index is 12.8. The Morgan fingerprint density at radius 1 is 0.800 bits per heavy atom. The first-order valence-electron chi connectivity index (χ1n) is 10.1. The lowest BCUT2D eigenvalue weighted by Crippen LogP contribution is -2.29. The van der Waals surface area contributed by atoms with Gasteiger partial charge in [-0.25, -0.2) is 0 Å². The molecule has 0 atom stereocenters. The first-order chi connectivity index (χ1) is 14.3. The van der Waals surface area contributed by atoms with Crippen molar-refractivity contribution in [3.05, 3.63) is 102 Å². The van der Waals surface area contributed by atoms with Gasteiger partial charge in [0.1, 0.15) is 0 Å². The first-order valence-corrected chi connectivity index (χ1v) is 10.1. The van der Waals surface area contributed by atoms with E-state index in [4.69, 9.17) is 0 Å². The van der Waals surface area contributed by atoms with Crippen molar-refractivity contribution in [3.63, 3.8) is 0 Å². The molecule has 30 heavy (non-hydrogen) atoms. The molecule has 0 saturated carbocycles. The zero-order valence-electron chi connectivity index (χ0n) is 17.7. The fourth-order valence-corrected chi connectivity index (χ4v) is 3.15. The maximum atomic E-state index is 12.8. The van der Waals surface area contributed by atoms with Gasteiger partial charge >= 0.3 is 0 Å². The fraction of sp³-hybridized carbons (Fsp3) is 0.231. The Bertz CT molecular complexity index is 953. The lowest BCUT2D eigenvalue weighted by atomic mass is 9.91. The quantitative estimate of drug-likeness (QED) is 0.595. The van der Waals surface area contributed by atoms with Gasteiger partial charge in [0.25, 0.3) is 5.91 Å². The number of carbonyl (C=O) groups excluding carboxylic acids is 2. The van der Waals surface area contributed by atoms with Crippen LogP contribution in [0.25, 0.3) is 0 Å². The van der Waals surface area contributed by atoms with E-state index in [0.29, 0.717) is 17.8 Å². The van der Waals surface area contributed by atoms with Gasteiger partial charge in [0.2, 0.25) is 5.91 Å². The summed E-state index contributed by atoms with van der Waals surface area (Å²) in [5.41, 5.74) is 2.92. The van der Waals surface area contributed by atoms with E-state index < -0.39 is 5.41 Å². The van der Waals surface area contributed by atoms with E-state index in [9.17, 15) is 9.59 Å². The molecule has 3 aromatic carbocycles. The summed E-state index contributed by atoms with van der Waals surface area (Å²) in [5, 5.41) is 5.93. The summed E-state index contributed by atoms with van der Waals surface area (Å²) in [6.07, 6.45) is 0. The predicted octanol–water partition coefficient (Wildman–Crippen LogP) is 5.23. The van der Waals surface area contributed by atoms with Crippen molar-refractivity contribution >= 4 is 17.5 Å². The highest BCUT2D eigenvalue weighted by Gasteiger charge is 2.21. The van der Waals surface area contributed by atoms with E-state index in [1.54, 1.807) is 24.3 Å². The number of amides is 2. The molecule has 2 N–H and O–H groups in total. The van der Waals surface area contributed by atoms with Crippen LogP contribution in [0.2, 0.25) is 0 Å². The summed E-state index contributed by atoms with van der Waals surface area (Å²) in [4.78, 5) is 25.1. The monoisotopic (exact) mass is 400 g/mol. The Labute approximate surface area is 178 Å². The van der Waals surface area contributed by atoms with Crippen LogP contribution in [0.5, 0.6) is 0 Å². The normalized spacial score (nSPS) is 11.2. The number of rotatable bonds is 6. The zero-order chi connectivity index (χ0) is 21.6. The molecule has 0 aliphatic rings. The standard InChI is InChI=1S/C26H28N2O2/c1-26(2,3)25(30)28-22-16-10-15-21(17-22)24(29)27-18-23(19-11-6-4-7-12-19)20-13-8-5-9-14-20/h4-17,23H,18H2,1-3H3,(H,27,29)(H,28,30). The Kier molecular flexibility index (Phi) is 6.68. The molecule has 0 saturated heterocycles. The minimum absolute atomic E-state index is 0.0557. The second kappa shape index (κ2) is 9.40. The molecular formula is C26H28N2O2. The van der Waals surface area contributed by atoms with E-state index in [0.717, 1.165) is 11.1 Å². The topological polar surface area (TPSA) is 58.2 Å². The first kappa shape index (κ1) is 21.3. The van der Waals surface area contributed by atoms with Crippen molar-refractivity contribution in [3.8, 4) is 0 Å². The molecule has 0 unspecified atom stereocenters. The molecule has 0 aliphatic carbocycles. The average Bonchev–Trinajstić information content (AvgIpc) is 2.75. The summed E-state index contributed by atoms with van der Waals surface area (Å²) in [7, 11) is 0. The van der Waals surface area contributed by atoms with Crippen LogP contribution in [0.1, 0.15) is 48.2 Å². The van der Waals surface area contributed by atoms with Crippen molar-refractivity contribution in [1.82, 2.24) is 5.32 Å². The van der Waals surface area contributed by atoms with Crippen LogP contribution in [0.4, 0.5) is 5.69 Å². The number of benzene rings is 3. The summed E-state index contributed by atoms with van der Waals surface area (Å²) in [6.45, 7) is 6.04. The van der Waals surface area contributed by atoms with Crippen LogP contribution >= 0.6 is 0 Å². The van der Waals surface area contributed by atoms with E-state index in [1.807, 2.05) is 57.2 Å². The summed E-state index contributed by atoms with van der Waals surface area (Å²) in [6, 6.07) is 27.3. The Hall–Kier alpha value is -3.40. The van der Waals surface area contributed by atoms with Crippen molar-refractivity contribution in [2.75, 3.05) is 11.9 Å².